The predicted molar refractivity (Wildman–Crippen MR) is 64.6 cm³/mol. The highest BCUT2D eigenvalue weighted by Crippen LogP contribution is 2.10. The van der Waals surface area contributed by atoms with Gasteiger partial charge in [-0.3, -0.25) is 9.13 Å². The molecule has 0 amide bonds. The van der Waals surface area contributed by atoms with Gasteiger partial charge in [0.25, 0.3) is 0 Å². The van der Waals surface area contributed by atoms with E-state index in [1.807, 2.05) is 23.9 Å². The van der Waals surface area contributed by atoms with Crippen molar-refractivity contribution in [1.82, 2.24) is 14.5 Å². The van der Waals surface area contributed by atoms with E-state index in [1.54, 1.807) is 4.57 Å². The first kappa shape index (κ1) is 11.5. The Morgan fingerprint density at radius 3 is 2.88 bits per heavy atom. The Bertz CT molecular complexity index is 374. The minimum Gasteiger partial charge on any atom is -0.314 e. The number of imidazole rings is 1. The van der Waals surface area contributed by atoms with E-state index >= 15 is 0 Å². The van der Waals surface area contributed by atoms with Gasteiger partial charge in [-0.2, -0.15) is 0 Å². The summed E-state index contributed by atoms with van der Waals surface area (Å²) < 4.78 is 3.56. The van der Waals surface area contributed by atoms with Gasteiger partial charge in [0.2, 0.25) is 0 Å². The fraction of sp³-hybridized carbons (Fsp3) is 0.750. The second-order valence-corrected chi connectivity index (χ2v) is 4.50. The lowest BCUT2D eigenvalue weighted by Crippen LogP contribution is -2.25. The summed E-state index contributed by atoms with van der Waals surface area (Å²) in [6.45, 7) is 4.77. The standard InChI is InChI=1S/C12H21N3O/c1-2-14-9-10-15(12(14)16)8-4-6-11-5-3-7-13-11/h9-11,13H,2-8H2,1H3. The van der Waals surface area contributed by atoms with Crippen LogP contribution in [0, 0.1) is 0 Å². The Morgan fingerprint density at radius 1 is 1.44 bits per heavy atom. The molecule has 90 valence electrons. The Kier molecular flexibility index (Phi) is 3.83. The Morgan fingerprint density at radius 2 is 2.25 bits per heavy atom. The molecule has 0 radical (unpaired) electrons. The van der Waals surface area contributed by atoms with Crippen molar-refractivity contribution in [1.29, 1.82) is 0 Å². The third-order valence-electron chi connectivity index (χ3n) is 3.37. The van der Waals surface area contributed by atoms with E-state index in [9.17, 15) is 4.79 Å². The number of aryl methyl sites for hydroxylation is 2. The summed E-state index contributed by atoms with van der Waals surface area (Å²) >= 11 is 0. The summed E-state index contributed by atoms with van der Waals surface area (Å²) in [5.41, 5.74) is 0.127. The Balaban J connectivity index is 1.80. The first-order valence-corrected chi connectivity index (χ1v) is 6.30. The molecule has 1 unspecified atom stereocenters. The monoisotopic (exact) mass is 223 g/mol. The van der Waals surface area contributed by atoms with Gasteiger partial charge in [0.1, 0.15) is 0 Å². The summed E-state index contributed by atoms with van der Waals surface area (Å²) in [7, 11) is 0. The Labute approximate surface area is 96.3 Å². The van der Waals surface area contributed by atoms with Crippen molar-refractivity contribution < 1.29 is 0 Å². The van der Waals surface area contributed by atoms with Gasteiger partial charge in [0.05, 0.1) is 0 Å². The molecule has 1 aliphatic rings. The maximum Gasteiger partial charge on any atom is 0.328 e. The number of hydrogen-bond acceptors (Lipinski definition) is 2. The summed E-state index contributed by atoms with van der Waals surface area (Å²) in [6.07, 6.45) is 8.64. The minimum atomic E-state index is 0.127. The molecule has 4 heteroatoms. The number of nitrogens with zero attached hydrogens (tertiary/aromatic N) is 2. The van der Waals surface area contributed by atoms with Crippen LogP contribution in [0.25, 0.3) is 0 Å². The molecule has 0 bridgehead atoms. The SMILES string of the molecule is CCn1ccn(CCCC2CCCN2)c1=O. The second-order valence-electron chi connectivity index (χ2n) is 4.50. The largest absolute Gasteiger partial charge is 0.328 e. The quantitative estimate of drug-likeness (QED) is 0.814. The molecule has 4 nitrogen and oxygen atoms in total. The van der Waals surface area contributed by atoms with Crippen LogP contribution in [-0.4, -0.2) is 21.7 Å². The normalized spacial score (nSPS) is 20.4. The van der Waals surface area contributed by atoms with Gasteiger partial charge in [-0.25, -0.2) is 4.79 Å². The number of hydrogen-bond donors (Lipinski definition) is 1. The summed E-state index contributed by atoms with van der Waals surface area (Å²) in [6, 6.07) is 0.684. The fourth-order valence-corrected chi connectivity index (χ4v) is 2.38. The van der Waals surface area contributed by atoms with Crippen molar-refractivity contribution in [3.05, 3.63) is 22.9 Å². The van der Waals surface area contributed by atoms with Gasteiger partial charge >= 0.3 is 5.69 Å². The molecule has 0 aliphatic carbocycles. The molecule has 1 aromatic heterocycles. The number of rotatable bonds is 5. The van der Waals surface area contributed by atoms with E-state index in [4.69, 9.17) is 0 Å². The van der Waals surface area contributed by atoms with Crippen molar-refractivity contribution in [3.8, 4) is 0 Å². The molecule has 1 aromatic rings. The molecule has 1 N–H and O–H groups in total. The Hall–Kier alpha value is -1.03. The van der Waals surface area contributed by atoms with Crippen LogP contribution in [0.1, 0.15) is 32.6 Å². The van der Waals surface area contributed by atoms with Gasteiger partial charge < -0.3 is 5.32 Å². The lowest BCUT2D eigenvalue weighted by molar-refractivity contribution is 0.494. The van der Waals surface area contributed by atoms with Crippen molar-refractivity contribution >= 4 is 0 Å². The van der Waals surface area contributed by atoms with E-state index < -0.39 is 0 Å². The van der Waals surface area contributed by atoms with E-state index in [-0.39, 0.29) is 5.69 Å². The van der Waals surface area contributed by atoms with Crippen LogP contribution in [0.2, 0.25) is 0 Å². The summed E-state index contributed by atoms with van der Waals surface area (Å²) in [4.78, 5) is 11.7. The van der Waals surface area contributed by atoms with Crippen LogP contribution in [0.4, 0.5) is 0 Å². The van der Waals surface area contributed by atoms with Crippen LogP contribution < -0.4 is 11.0 Å². The highest BCUT2D eigenvalue weighted by atomic mass is 16.1. The smallest absolute Gasteiger partial charge is 0.314 e. The number of aromatic nitrogens is 2. The highest BCUT2D eigenvalue weighted by Gasteiger charge is 2.13. The van der Waals surface area contributed by atoms with Crippen LogP contribution in [-0.2, 0) is 13.1 Å². The lowest BCUT2D eigenvalue weighted by atomic mass is 10.1. The average Bonchev–Trinajstić information content (AvgIpc) is 2.90. The summed E-state index contributed by atoms with van der Waals surface area (Å²) in [5, 5.41) is 3.48. The lowest BCUT2D eigenvalue weighted by Gasteiger charge is -2.09. The van der Waals surface area contributed by atoms with E-state index in [1.165, 1.54) is 19.3 Å². The molecule has 16 heavy (non-hydrogen) atoms. The highest BCUT2D eigenvalue weighted by molar-refractivity contribution is 4.81. The van der Waals surface area contributed by atoms with E-state index in [0.717, 1.165) is 26.1 Å². The molecule has 0 spiro atoms. The topological polar surface area (TPSA) is 39.0 Å². The molecule has 1 fully saturated rings. The van der Waals surface area contributed by atoms with E-state index in [2.05, 4.69) is 5.32 Å². The first-order chi connectivity index (χ1) is 7.81. The second kappa shape index (κ2) is 5.34. The molecule has 1 saturated heterocycles. The average molecular weight is 223 g/mol. The van der Waals surface area contributed by atoms with Gasteiger partial charge in [-0.15, -0.1) is 0 Å². The van der Waals surface area contributed by atoms with E-state index in [0.29, 0.717) is 6.04 Å². The van der Waals surface area contributed by atoms with Crippen molar-refractivity contribution in [2.75, 3.05) is 6.54 Å². The van der Waals surface area contributed by atoms with Crippen molar-refractivity contribution in [2.45, 2.75) is 51.7 Å². The van der Waals surface area contributed by atoms with Crippen molar-refractivity contribution in [3.63, 3.8) is 0 Å². The fourth-order valence-electron chi connectivity index (χ4n) is 2.38. The zero-order valence-corrected chi connectivity index (χ0v) is 9.98. The maximum absolute atomic E-state index is 11.7. The minimum absolute atomic E-state index is 0.127. The molecule has 1 aliphatic heterocycles. The van der Waals surface area contributed by atoms with Crippen LogP contribution in [0.3, 0.4) is 0 Å². The molecular weight excluding hydrogens is 202 g/mol. The first-order valence-electron chi connectivity index (χ1n) is 6.30. The molecular formula is C12H21N3O. The van der Waals surface area contributed by atoms with Crippen LogP contribution in [0.5, 0.6) is 0 Å². The third kappa shape index (κ3) is 2.55. The molecule has 0 saturated carbocycles. The van der Waals surface area contributed by atoms with Gasteiger partial charge in [-0.05, 0) is 39.2 Å². The van der Waals surface area contributed by atoms with Gasteiger partial charge in [0.15, 0.2) is 0 Å². The van der Waals surface area contributed by atoms with Crippen LogP contribution >= 0.6 is 0 Å². The third-order valence-corrected chi connectivity index (χ3v) is 3.37. The summed E-state index contributed by atoms with van der Waals surface area (Å²) in [5.74, 6) is 0. The molecule has 2 heterocycles. The zero-order valence-electron chi connectivity index (χ0n) is 9.98. The predicted octanol–water partition coefficient (Wildman–Crippen LogP) is 1.20. The van der Waals surface area contributed by atoms with Crippen molar-refractivity contribution in [2.24, 2.45) is 0 Å². The van der Waals surface area contributed by atoms with Gasteiger partial charge in [0, 0.05) is 31.5 Å². The molecule has 1 atom stereocenters. The maximum atomic E-state index is 11.7. The number of nitrogens with one attached hydrogen (secondary N) is 1. The van der Waals surface area contributed by atoms with Crippen LogP contribution in [0.15, 0.2) is 17.2 Å². The molecule has 0 aromatic carbocycles. The van der Waals surface area contributed by atoms with Gasteiger partial charge in [-0.1, -0.05) is 0 Å². The zero-order chi connectivity index (χ0) is 11.4. The molecule has 2 rings (SSSR count).